The molecule has 2 rings (SSSR count). The Labute approximate surface area is 131 Å². The molecule has 0 aliphatic rings. The SMILES string of the molecule is CN(Cc1ccc(Cl)c(Cl)c1)C(=O)c1cncc(Cl)n1. The standard InChI is InChI=1S/C13H10Cl3N3O/c1-19(7-8-2-3-9(14)10(15)4-8)13(20)11-5-17-6-12(16)18-11/h2-6H,7H2,1H3. The highest BCUT2D eigenvalue weighted by atomic mass is 35.5. The van der Waals surface area contributed by atoms with Gasteiger partial charge in [-0.05, 0) is 17.7 Å². The average Bonchev–Trinajstić information content (AvgIpc) is 2.42. The molecule has 2 aromatic rings. The van der Waals surface area contributed by atoms with Crippen LogP contribution in [0.5, 0.6) is 0 Å². The third-order valence-electron chi connectivity index (χ3n) is 2.57. The van der Waals surface area contributed by atoms with Gasteiger partial charge < -0.3 is 4.90 Å². The molecule has 1 aromatic heterocycles. The second kappa shape index (κ2) is 6.39. The molecule has 1 heterocycles. The zero-order valence-electron chi connectivity index (χ0n) is 10.5. The molecule has 0 aliphatic heterocycles. The van der Waals surface area contributed by atoms with Crippen molar-refractivity contribution in [3.05, 3.63) is 57.0 Å². The predicted molar refractivity (Wildman–Crippen MR) is 79.3 cm³/mol. The molecule has 20 heavy (non-hydrogen) atoms. The number of aromatic nitrogens is 2. The summed E-state index contributed by atoms with van der Waals surface area (Å²) in [6, 6.07) is 5.22. The fraction of sp³-hybridized carbons (Fsp3) is 0.154. The van der Waals surface area contributed by atoms with E-state index in [0.29, 0.717) is 16.6 Å². The number of amides is 1. The number of rotatable bonds is 3. The first kappa shape index (κ1) is 15.0. The Hall–Kier alpha value is -1.36. The molecule has 0 N–H and O–H groups in total. The second-order valence-corrected chi connectivity index (χ2v) is 5.34. The Kier molecular flexibility index (Phi) is 4.81. The van der Waals surface area contributed by atoms with Crippen LogP contribution in [0, 0.1) is 0 Å². The first-order valence-electron chi connectivity index (χ1n) is 5.64. The van der Waals surface area contributed by atoms with E-state index < -0.39 is 0 Å². The average molecular weight is 331 g/mol. The van der Waals surface area contributed by atoms with Crippen LogP contribution in [0.2, 0.25) is 15.2 Å². The van der Waals surface area contributed by atoms with Gasteiger partial charge in [0.2, 0.25) is 0 Å². The smallest absolute Gasteiger partial charge is 0.274 e. The minimum atomic E-state index is -0.272. The van der Waals surface area contributed by atoms with Crippen molar-refractivity contribution in [2.24, 2.45) is 0 Å². The van der Waals surface area contributed by atoms with Crippen LogP contribution in [-0.4, -0.2) is 27.8 Å². The molecule has 1 aromatic carbocycles. The van der Waals surface area contributed by atoms with E-state index in [-0.39, 0.29) is 16.8 Å². The van der Waals surface area contributed by atoms with E-state index in [1.807, 2.05) is 6.07 Å². The van der Waals surface area contributed by atoms with Crippen LogP contribution in [0.3, 0.4) is 0 Å². The Morgan fingerprint density at radius 3 is 2.60 bits per heavy atom. The van der Waals surface area contributed by atoms with Crippen LogP contribution in [0.15, 0.2) is 30.6 Å². The number of nitrogens with zero attached hydrogens (tertiary/aromatic N) is 3. The van der Waals surface area contributed by atoms with E-state index in [2.05, 4.69) is 9.97 Å². The molecule has 0 fully saturated rings. The monoisotopic (exact) mass is 329 g/mol. The second-order valence-electron chi connectivity index (χ2n) is 4.14. The lowest BCUT2D eigenvalue weighted by Crippen LogP contribution is -2.27. The summed E-state index contributed by atoms with van der Waals surface area (Å²) in [6.07, 6.45) is 2.75. The molecule has 4 nitrogen and oxygen atoms in total. The van der Waals surface area contributed by atoms with Crippen molar-refractivity contribution >= 4 is 40.7 Å². The largest absolute Gasteiger partial charge is 0.336 e. The van der Waals surface area contributed by atoms with E-state index >= 15 is 0 Å². The maximum atomic E-state index is 12.2. The maximum Gasteiger partial charge on any atom is 0.274 e. The van der Waals surface area contributed by atoms with Gasteiger partial charge in [-0.25, -0.2) is 4.98 Å². The van der Waals surface area contributed by atoms with Crippen LogP contribution < -0.4 is 0 Å². The van der Waals surface area contributed by atoms with Crippen LogP contribution in [0.4, 0.5) is 0 Å². The van der Waals surface area contributed by atoms with Gasteiger partial charge in [-0.15, -0.1) is 0 Å². The summed E-state index contributed by atoms with van der Waals surface area (Å²) in [5.74, 6) is -0.272. The van der Waals surface area contributed by atoms with Gasteiger partial charge >= 0.3 is 0 Å². The van der Waals surface area contributed by atoms with E-state index in [4.69, 9.17) is 34.8 Å². The van der Waals surface area contributed by atoms with Gasteiger partial charge in [0.15, 0.2) is 0 Å². The van der Waals surface area contributed by atoms with Crippen LogP contribution >= 0.6 is 34.8 Å². The molecule has 0 aliphatic carbocycles. The molecule has 7 heteroatoms. The molecule has 0 unspecified atom stereocenters. The molecule has 104 valence electrons. The molecule has 0 spiro atoms. The third kappa shape index (κ3) is 3.60. The molecule has 0 atom stereocenters. The van der Waals surface area contributed by atoms with Gasteiger partial charge in [0.1, 0.15) is 10.8 Å². The van der Waals surface area contributed by atoms with Crippen molar-refractivity contribution in [2.75, 3.05) is 7.05 Å². The van der Waals surface area contributed by atoms with Crippen LogP contribution in [0.25, 0.3) is 0 Å². The van der Waals surface area contributed by atoms with Gasteiger partial charge in [0.05, 0.1) is 22.4 Å². The highest BCUT2D eigenvalue weighted by Gasteiger charge is 2.14. The fourth-order valence-electron chi connectivity index (χ4n) is 1.62. The summed E-state index contributed by atoms with van der Waals surface area (Å²) in [5, 5.41) is 1.11. The lowest BCUT2D eigenvalue weighted by molar-refractivity contribution is 0.0779. The number of halogens is 3. The number of hydrogen-bond donors (Lipinski definition) is 0. The topological polar surface area (TPSA) is 46.1 Å². The van der Waals surface area contributed by atoms with Gasteiger partial charge in [0.25, 0.3) is 5.91 Å². The highest BCUT2D eigenvalue weighted by Crippen LogP contribution is 2.23. The lowest BCUT2D eigenvalue weighted by atomic mass is 10.2. The Balaban J connectivity index is 2.13. The zero-order valence-corrected chi connectivity index (χ0v) is 12.7. The van der Waals surface area contributed by atoms with Crippen molar-refractivity contribution in [2.45, 2.75) is 6.54 Å². The van der Waals surface area contributed by atoms with E-state index in [9.17, 15) is 4.79 Å². The summed E-state index contributed by atoms with van der Waals surface area (Å²) in [5.41, 5.74) is 1.06. The Morgan fingerprint density at radius 2 is 1.95 bits per heavy atom. The summed E-state index contributed by atoms with van der Waals surface area (Å²) in [7, 11) is 1.66. The third-order valence-corrected chi connectivity index (χ3v) is 3.50. The predicted octanol–water partition coefficient (Wildman–Crippen LogP) is 3.71. The van der Waals surface area contributed by atoms with Crippen LogP contribution in [0.1, 0.15) is 16.1 Å². The number of hydrogen-bond acceptors (Lipinski definition) is 3. The van der Waals surface area contributed by atoms with Crippen molar-refractivity contribution < 1.29 is 4.79 Å². The summed E-state index contributed by atoms with van der Waals surface area (Å²) in [4.78, 5) is 21.4. The van der Waals surface area contributed by atoms with Crippen molar-refractivity contribution in [3.8, 4) is 0 Å². The molecule has 1 amide bonds. The van der Waals surface area contributed by atoms with Crippen LogP contribution in [-0.2, 0) is 6.54 Å². The first-order valence-corrected chi connectivity index (χ1v) is 6.77. The minimum absolute atomic E-state index is 0.179. The van der Waals surface area contributed by atoms with Gasteiger partial charge in [-0.3, -0.25) is 9.78 Å². The normalized spacial score (nSPS) is 10.4. The number of carbonyl (C=O) groups is 1. The molecular formula is C13H10Cl3N3O. The van der Waals surface area contributed by atoms with E-state index in [0.717, 1.165) is 5.56 Å². The number of benzene rings is 1. The zero-order chi connectivity index (χ0) is 14.7. The summed E-state index contributed by atoms with van der Waals surface area (Å²) >= 11 is 17.5. The lowest BCUT2D eigenvalue weighted by Gasteiger charge is -2.17. The summed E-state index contributed by atoms with van der Waals surface area (Å²) < 4.78 is 0. The van der Waals surface area contributed by atoms with E-state index in [1.165, 1.54) is 17.3 Å². The summed E-state index contributed by atoms with van der Waals surface area (Å²) in [6.45, 7) is 0.379. The van der Waals surface area contributed by atoms with Crippen molar-refractivity contribution in [1.29, 1.82) is 0 Å². The molecule has 0 saturated heterocycles. The fourth-order valence-corrected chi connectivity index (χ4v) is 2.09. The van der Waals surface area contributed by atoms with Gasteiger partial charge in [0, 0.05) is 13.6 Å². The van der Waals surface area contributed by atoms with Crippen molar-refractivity contribution in [3.63, 3.8) is 0 Å². The Bertz CT molecular complexity index is 649. The number of carbonyl (C=O) groups excluding carboxylic acids is 1. The highest BCUT2D eigenvalue weighted by molar-refractivity contribution is 6.42. The van der Waals surface area contributed by atoms with Crippen molar-refractivity contribution in [1.82, 2.24) is 14.9 Å². The van der Waals surface area contributed by atoms with E-state index in [1.54, 1.807) is 19.2 Å². The maximum absolute atomic E-state index is 12.2. The Morgan fingerprint density at radius 1 is 1.20 bits per heavy atom. The molecule has 0 bridgehead atoms. The minimum Gasteiger partial charge on any atom is -0.336 e. The molecule has 0 saturated carbocycles. The first-order chi connectivity index (χ1) is 9.47. The molecular weight excluding hydrogens is 321 g/mol. The van der Waals surface area contributed by atoms with Gasteiger partial charge in [-0.2, -0.15) is 0 Å². The quantitative estimate of drug-likeness (QED) is 0.862. The van der Waals surface area contributed by atoms with Gasteiger partial charge in [-0.1, -0.05) is 40.9 Å². The molecule has 0 radical (unpaired) electrons.